The molecule has 2 aliphatic rings. The van der Waals surface area contributed by atoms with Gasteiger partial charge >= 0.3 is 0 Å². The van der Waals surface area contributed by atoms with E-state index < -0.39 is 0 Å². The molecule has 1 N–H and O–H groups in total. The average molecular weight is 361 g/mol. The number of carbonyl (C=O) groups excluding carboxylic acids is 1. The first kappa shape index (κ1) is 21.7. The monoisotopic (exact) mass is 360 g/mol. The van der Waals surface area contributed by atoms with Crippen LogP contribution in [0.5, 0.6) is 0 Å². The van der Waals surface area contributed by atoms with Crippen molar-refractivity contribution in [3.63, 3.8) is 0 Å². The number of nitrogens with one attached hydrogen (secondary N) is 1. The third kappa shape index (κ3) is 6.87. The van der Waals surface area contributed by atoms with Gasteiger partial charge in [0.25, 0.3) is 0 Å². The highest BCUT2D eigenvalue weighted by Crippen LogP contribution is 2.12. The molecule has 5 nitrogen and oxygen atoms in total. The van der Waals surface area contributed by atoms with Gasteiger partial charge in [-0.05, 0) is 24.8 Å². The molecule has 0 radical (unpaired) electrons. The van der Waals surface area contributed by atoms with E-state index in [0.29, 0.717) is 30.3 Å². The number of halogens is 1. The number of hydrogen-bond donors (Lipinski definition) is 1. The van der Waals surface area contributed by atoms with Crippen molar-refractivity contribution in [1.82, 2.24) is 20.0 Å². The molecule has 1 atom stereocenters. The largest absolute Gasteiger partial charge is 0.341 e. The van der Waals surface area contributed by atoms with E-state index in [1.807, 2.05) is 0 Å². The Balaban J connectivity index is 0.00000288. The lowest BCUT2D eigenvalue weighted by molar-refractivity contribution is -0.134. The van der Waals surface area contributed by atoms with Gasteiger partial charge in [-0.3, -0.25) is 14.6 Å². The maximum Gasteiger partial charge on any atom is 0.236 e. The molecule has 2 aliphatic heterocycles. The van der Waals surface area contributed by atoms with Crippen LogP contribution in [-0.2, 0) is 4.79 Å². The molecular formula is C18H37ClN4O. The zero-order valence-electron chi connectivity index (χ0n) is 16.0. The predicted molar refractivity (Wildman–Crippen MR) is 103 cm³/mol. The molecule has 2 fully saturated rings. The van der Waals surface area contributed by atoms with Crippen LogP contribution in [0.4, 0.5) is 0 Å². The standard InChI is InChI=1S/C18H36N4O.ClH/c1-15(2)12-22(13-16(3)4)18(23)14-20-7-9-21(10-8-20)17-5-6-19-11-17;/h15-17,19H,5-14H2,1-4H3;1H. The molecular weight excluding hydrogens is 324 g/mol. The fraction of sp³-hybridized carbons (Fsp3) is 0.944. The molecule has 1 amide bonds. The summed E-state index contributed by atoms with van der Waals surface area (Å²) < 4.78 is 0. The van der Waals surface area contributed by atoms with Crippen LogP contribution >= 0.6 is 12.4 Å². The number of piperazine rings is 1. The molecule has 0 aliphatic carbocycles. The Morgan fingerprint density at radius 2 is 1.67 bits per heavy atom. The van der Waals surface area contributed by atoms with E-state index in [0.717, 1.165) is 52.4 Å². The summed E-state index contributed by atoms with van der Waals surface area (Å²) in [5.74, 6) is 1.37. The molecule has 1 unspecified atom stereocenters. The van der Waals surface area contributed by atoms with E-state index in [-0.39, 0.29) is 12.4 Å². The molecule has 24 heavy (non-hydrogen) atoms. The van der Waals surface area contributed by atoms with Crippen LogP contribution in [0.25, 0.3) is 0 Å². The maximum absolute atomic E-state index is 12.7. The van der Waals surface area contributed by atoms with Crippen molar-refractivity contribution < 1.29 is 4.79 Å². The smallest absolute Gasteiger partial charge is 0.236 e. The van der Waals surface area contributed by atoms with Crippen molar-refractivity contribution in [3.05, 3.63) is 0 Å². The summed E-state index contributed by atoms with van der Waals surface area (Å²) in [5.41, 5.74) is 0. The van der Waals surface area contributed by atoms with E-state index in [2.05, 4.69) is 47.7 Å². The third-order valence-corrected chi connectivity index (χ3v) is 4.84. The molecule has 0 aromatic heterocycles. The van der Waals surface area contributed by atoms with Gasteiger partial charge < -0.3 is 10.2 Å². The second kappa shape index (κ2) is 10.6. The van der Waals surface area contributed by atoms with Crippen molar-refractivity contribution >= 4 is 18.3 Å². The minimum atomic E-state index is 0. The van der Waals surface area contributed by atoms with Gasteiger partial charge in [0.1, 0.15) is 0 Å². The highest BCUT2D eigenvalue weighted by atomic mass is 35.5. The summed E-state index contributed by atoms with van der Waals surface area (Å²) in [6, 6.07) is 0.714. The van der Waals surface area contributed by atoms with E-state index in [1.165, 1.54) is 6.42 Å². The number of carbonyl (C=O) groups is 1. The van der Waals surface area contributed by atoms with Crippen LogP contribution in [0.2, 0.25) is 0 Å². The van der Waals surface area contributed by atoms with Gasteiger partial charge in [0.2, 0.25) is 5.91 Å². The van der Waals surface area contributed by atoms with Crippen LogP contribution in [0.15, 0.2) is 0 Å². The molecule has 0 spiro atoms. The van der Waals surface area contributed by atoms with Crippen LogP contribution in [0.1, 0.15) is 34.1 Å². The molecule has 2 rings (SSSR count). The fourth-order valence-electron chi connectivity index (χ4n) is 3.69. The van der Waals surface area contributed by atoms with Crippen molar-refractivity contribution in [2.45, 2.75) is 40.2 Å². The van der Waals surface area contributed by atoms with Gasteiger partial charge in [0.15, 0.2) is 0 Å². The van der Waals surface area contributed by atoms with Crippen LogP contribution < -0.4 is 5.32 Å². The van der Waals surface area contributed by atoms with Crippen LogP contribution in [0, 0.1) is 11.8 Å². The molecule has 0 aromatic rings. The van der Waals surface area contributed by atoms with Gasteiger partial charge in [-0.2, -0.15) is 0 Å². The topological polar surface area (TPSA) is 38.8 Å². The minimum absolute atomic E-state index is 0. The van der Waals surface area contributed by atoms with E-state index in [4.69, 9.17) is 0 Å². The van der Waals surface area contributed by atoms with Crippen molar-refractivity contribution in [2.24, 2.45) is 11.8 Å². The zero-order chi connectivity index (χ0) is 16.8. The Labute approximate surface area is 154 Å². The SMILES string of the molecule is CC(C)CN(CC(C)C)C(=O)CN1CCN(C2CCNC2)CC1.Cl. The Bertz CT molecular complexity index is 354. The second-order valence-electron chi connectivity index (χ2n) is 8.05. The Hall–Kier alpha value is -0.360. The predicted octanol–water partition coefficient (Wildman–Crippen LogP) is 1.53. The van der Waals surface area contributed by atoms with Crippen molar-refractivity contribution in [1.29, 1.82) is 0 Å². The van der Waals surface area contributed by atoms with Gasteiger partial charge in [-0.15, -0.1) is 12.4 Å². The van der Waals surface area contributed by atoms with Crippen molar-refractivity contribution in [2.75, 3.05) is 58.9 Å². The number of nitrogens with zero attached hydrogens (tertiary/aromatic N) is 3. The first-order chi connectivity index (χ1) is 11.0. The molecule has 0 aromatic carbocycles. The molecule has 0 saturated carbocycles. The summed E-state index contributed by atoms with van der Waals surface area (Å²) in [7, 11) is 0. The summed E-state index contributed by atoms with van der Waals surface area (Å²) in [5, 5.41) is 3.45. The normalized spacial score (nSPS) is 22.8. The van der Waals surface area contributed by atoms with E-state index in [9.17, 15) is 4.79 Å². The van der Waals surface area contributed by atoms with Crippen molar-refractivity contribution in [3.8, 4) is 0 Å². The van der Waals surface area contributed by atoms with Gasteiger partial charge in [-0.1, -0.05) is 27.7 Å². The summed E-state index contributed by atoms with van der Waals surface area (Å²) in [6.45, 7) is 17.7. The summed E-state index contributed by atoms with van der Waals surface area (Å²) in [4.78, 5) is 19.7. The Kier molecular flexibility index (Phi) is 9.57. The second-order valence-corrected chi connectivity index (χ2v) is 8.05. The third-order valence-electron chi connectivity index (χ3n) is 4.84. The highest BCUT2D eigenvalue weighted by molar-refractivity contribution is 5.85. The maximum atomic E-state index is 12.7. The van der Waals surface area contributed by atoms with Gasteiger partial charge in [0, 0.05) is 51.9 Å². The quantitative estimate of drug-likeness (QED) is 0.747. The number of hydrogen-bond acceptors (Lipinski definition) is 4. The molecule has 2 heterocycles. The minimum Gasteiger partial charge on any atom is -0.341 e. The Morgan fingerprint density at radius 1 is 1.08 bits per heavy atom. The molecule has 0 bridgehead atoms. The summed E-state index contributed by atoms with van der Waals surface area (Å²) >= 11 is 0. The molecule has 6 heteroatoms. The number of amides is 1. The van der Waals surface area contributed by atoms with E-state index >= 15 is 0 Å². The zero-order valence-corrected chi connectivity index (χ0v) is 16.8. The lowest BCUT2D eigenvalue weighted by Gasteiger charge is -2.38. The first-order valence-corrected chi connectivity index (χ1v) is 9.40. The highest BCUT2D eigenvalue weighted by Gasteiger charge is 2.27. The van der Waals surface area contributed by atoms with Gasteiger partial charge in [-0.25, -0.2) is 0 Å². The lowest BCUT2D eigenvalue weighted by atomic mass is 10.1. The van der Waals surface area contributed by atoms with Gasteiger partial charge in [0.05, 0.1) is 6.54 Å². The van der Waals surface area contributed by atoms with Crippen LogP contribution in [-0.4, -0.2) is 85.6 Å². The summed E-state index contributed by atoms with van der Waals surface area (Å²) in [6.07, 6.45) is 1.27. The fourth-order valence-corrected chi connectivity index (χ4v) is 3.69. The Morgan fingerprint density at radius 3 is 2.12 bits per heavy atom. The molecule has 2 saturated heterocycles. The van der Waals surface area contributed by atoms with E-state index in [1.54, 1.807) is 0 Å². The number of rotatable bonds is 7. The lowest BCUT2D eigenvalue weighted by Crippen LogP contribution is -2.53. The van der Waals surface area contributed by atoms with Crippen LogP contribution in [0.3, 0.4) is 0 Å². The average Bonchev–Trinajstić information content (AvgIpc) is 3.00. The first-order valence-electron chi connectivity index (χ1n) is 9.40. The molecule has 142 valence electrons.